The second-order valence-corrected chi connectivity index (χ2v) is 4.56. The largest absolute Gasteiger partial charge is 0.444 e. The van der Waals surface area contributed by atoms with E-state index in [1.807, 2.05) is 6.92 Å². The van der Waals surface area contributed by atoms with Gasteiger partial charge in [0.15, 0.2) is 6.73 Å². The maximum atomic E-state index is 13.0. The minimum Gasteiger partial charge on any atom is -0.444 e. The van der Waals surface area contributed by atoms with Gasteiger partial charge in [-0.2, -0.15) is 4.39 Å². The van der Waals surface area contributed by atoms with Crippen molar-refractivity contribution < 1.29 is 18.7 Å². The lowest BCUT2D eigenvalue weighted by Gasteiger charge is -2.07. The lowest BCUT2D eigenvalue weighted by atomic mass is 10.3. The number of amides is 1. The van der Waals surface area contributed by atoms with Gasteiger partial charge in [0.1, 0.15) is 0 Å². The van der Waals surface area contributed by atoms with Gasteiger partial charge in [0.05, 0.1) is 12.6 Å². The lowest BCUT2D eigenvalue weighted by molar-refractivity contribution is -0.148. The van der Waals surface area contributed by atoms with E-state index in [-0.39, 0.29) is 18.7 Å². The molecule has 0 radical (unpaired) electrons. The van der Waals surface area contributed by atoms with Crippen molar-refractivity contribution in [2.75, 3.05) is 6.54 Å². The molecule has 0 aliphatic carbocycles. The van der Waals surface area contributed by atoms with E-state index in [1.165, 1.54) is 0 Å². The number of aromatic amines is 1. The van der Waals surface area contributed by atoms with Crippen LogP contribution in [0.5, 0.6) is 0 Å². The van der Waals surface area contributed by atoms with Gasteiger partial charge in [-0.3, -0.25) is 23.9 Å². The van der Waals surface area contributed by atoms with E-state index in [1.54, 1.807) is 4.98 Å². The summed E-state index contributed by atoms with van der Waals surface area (Å²) in [5.41, 5.74) is -2.03. The molecule has 8 nitrogen and oxygen atoms in total. The molecule has 1 rings (SSSR count). The van der Waals surface area contributed by atoms with Crippen LogP contribution >= 0.6 is 0 Å². The standard InChI is InChI=1S/C13H18FN3O5/c1-2-3-6-15-10(18)4-5-11(19)22-8-17-7-9(14)12(20)16-13(17)21/h7H,2-6,8H2,1H3,(H,15,18)(H,16,20,21). The topological polar surface area (TPSA) is 110 Å². The predicted octanol–water partition coefficient (Wildman–Crippen LogP) is -0.127. The van der Waals surface area contributed by atoms with Crippen molar-refractivity contribution in [3.8, 4) is 0 Å². The minimum atomic E-state index is -1.16. The highest BCUT2D eigenvalue weighted by Gasteiger charge is 2.09. The molecule has 0 bridgehead atoms. The van der Waals surface area contributed by atoms with Crippen LogP contribution in [0, 0.1) is 5.82 Å². The molecule has 0 atom stereocenters. The van der Waals surface area contributed by atoms with Crippen molar-refractivity contribution in [2.24, 2.45) is 0 Å². The zero-order chi connectivity index (χ0) is 16.5. The van der Waals surface area contributed by atoms with Gasteiger partial charge >= 0.3 is 11.7 Å². The Morgan fingerprint density at radius 2 is 2.09 bits per heavy atom. The average Bonchev–Trinajstić information content (AvgIpc) is 2.47. The summed E-state index contributed by atoms with van der Waals surface area (Å²) in [6, 6.07) is 0. The number of halogens is 1. The third-order valence-electron chi connectivity index (χ3n) is 2.74. The quantitative estimate of drug-likeness (QED) is 0.513. The number of ether oxygens (including phenoxy) is 1. The van der Waals surface area contributed by atoms with Crippen LogP contribution in [0.15, 0.2) is 15.8 Å². The van der Waals surface area contributed by atoms with E-state index in [2.05, 4.69) is 5.32 Å². The molecule has 1 aromatic rings. The van der Waals surface area contributed by atoms with Crippen molar-refractivity contribution in [1.82, 2.24) is 14.9 Å². The van der Waals surface area contributed by atoms with Crippen LogP contribution in [0.4, 0.5) is 4.39 Å². The fourth-order valence-corrected chi connectivity index (χ4v) is 1.50. The zero-order valence-corrected chi connectivity index (χ0v) is 12.2. The number of nitrogens with zero attached hydrogens (tertiary/aromatic N) is 1. The number of aromatic nitrogens is 2. The Labute approximate surface area is 125 Å². The highest BCUT2D eigenvalue weighted by Crippen LogP contribution is 1.95. The number of hydrogen-bond donors (Lipinski definition) is 2. The molecule has 2 N–H and O–H groups in total. The van der Waals surface area contributed by atoms with Gasteiger partial charge in [0.25, 0.3) is 5.56 Å². The summed E-state index contributed by atoms with van der Waals surface area (Å²) in [6.45, 7) is 2.00. The number of esters is 1. The molecular formula is C13H18FN3O5. The number of nitrogens with one attached hydrogen (secondary N) is 2. The maximum absolute atomic E-state index is 13.0. The summed E-state index contributed by atoms with van der Waals surface area (Å²) in [6.07, 6.45) is 2.27. The number of carbonyl (C=O) groups excluding carboxylic acids is 2. The first-order chi connectivity index (χ1) is 10.4. The lowest BCUT2D eigenvalue weighted by Crippen LogP contribution is -2.32. The Hall–Kier alpha value is -2.45. The summed E-state index contributed by atoms with van der Waals surface area (Å²) in [5, 5.41) is 2.64. The van der Waals surface area contributed by atoms with E-state index in [0.717, 1.165) is 12.8 Å². The fraction of sp³-hybridized carbons (Fsp3) is 0.538. The normalized spacial score (nSPS) is 10.3. The van der Waals surface area contributed by atoms with Gasteiger partial charge in [-0.1, -0.05) is 13.3 Å². The first kappa shape index (κ1) is 17.6. The smallest absolute Gasteiger partial charge is 0.331 e. The van der Waals surface area contributed by atoms with E-state index in [9.17, 15) is 23.6 Å². The van der Waals surface area contributed by atoms with E-state index >= 15 is 0 Å². The zero-order valence-electron chi connectivity index (χ0n) is 12.2. The first-order valence-electron chi connectivity index (χ1n) is 6.85. The van der Waals surface area contributed by atoms with Gasteiger partial charge in [-0.25, -0.2) is 4.79 Å². The Balaban J connectivity index is 2.38. The van der Waals surface area contributed by atoms with Crippen LogP contribution < -0.4 is 16.6 Å². The second kappa shape index (κ2) is 8.75. The number of rotatable bonds is 8. The molecular weight excluding hydrogens is 297 g/mol. The van der Waals surface area contributed by atoms with Crippen molar-refractivity contribution in [3.05, 3.63) is 32.9 Å². The molecule has 1 heterocycles. The molecule has 122 valence electrons. The molecule has 0 aliphatic rings. The van der Waals surface area contributed by atoms with Crippen LogP contribution in [0.1, 0.15) is 32.6 Å². The minimum absolute atomic E-state index is 0.0303. The van der Waals surface area contributed by atoms with Crippen molar-refractivity contribution >= 4 is 11.9 Å². The molecule has 22 heavy (non-hydrogen) atoms. The van der Waals surface area contributed by atoms with Gasteiger partial charge in [0, 0.05) is 13.0 Å². The number of H-pyrrole nitrogens is 1. The van der Waals surface area contributed by atoms with Crippen LogP contribution in [-0.2, 0) is 21.1 Å². The van der Waals surface area contributed by atoms with E-state index in [0.29, 0.717) is 17.3 Å². The Morgan fingerprint density at radius 3 is 2.77 bits per heavy atom. The molecule has 9 heteroatoms. The Kier molecular flexibility index (Phi) is 7.00. The van der Waals surface area contributed by atoms with Crippen LogP contribution in [0.25, 0.3) is 0 Å². The first-order valence-corrected chi connectivity index (χ1v) is 6.85. The predicted molar refractivity (Wildman–Crippen MR) is 74.5 cm³/mol. The molecule has 0 aliphatic heterocycles. The summed E-state index contributed by atoms with van der Waals surface area (Å²) < 4.78 is 18.4. The summed E-state index contributed by atoms with van der Waals surface area (Å²) in [4.78, 5) is 46.7. The van der Waals surface area contributed by atoms with E-state index in [4.69, 9.17) is 4.74 Å². The average molecular weight is 315 g/mol. The van der Waals surface area contributed by atoms with Gasteiger partial charge in [0.2, 0.25) is 11.7 Å². The SMILES string of the molecule is CCCCNC(=O)CCC(=O)OCn1cc(F)c(=O)[nH]c1=O. The third kappa shape index (κ3) is 5.90. The number of carbonyl (C=O) groups is 2. The monoisotopic (exact) mass is 315 g/mol. The maximum Gasteiger partial charge on any atom is 0.331 e. The van der Waals surface area contributed by atoms with Gasteiger partial charge < -0.3 is 10.1 Å². The molecule has 0 saturated carbocycles. The van der Waals surface area contributed by atoms with Crippen molar-refractivity contribution in [2.45, 2.75) is 39.3 Å². The molecule has 0 fully saturated rings. The molecule has 0 saturated heterocycles. The van der Waals surface area contributed by atoms with Crippen molar-refractivity contribution in [1.29, 1.82) is 0 Å². The fourth-order valence-electron chi connectivity index (χ4n) is 1.50. The van der Waals surface area contributed by atoms with E-state index < -0.39 is 29.8 Å². The van der Waals surface area contributed by atoms with Crippen LogP contribution in [-0.4, -0.2) is 28.0 Å². The molecule has 1 amide bonds. The van der Waals surface area contributed by atoms with Crippen LogP contribution in [0.3, 0.4) is 0 Å². The molecule has 0 unspecified atom stereocenters. The Morgan fingerprint density at radius 1 is 1.36 bits per heavy atom. The highest BCUT2D eigenvalue weighted by molar-refractivity contribution is 5.81. The third-order valence-corrected chi connectivity index (χ3v) is 2.74. The summed E-state index contributed by atoms with van der Waals surface area (Å²) in [7, 11) is 0. The summed E-state index contributed by atoms with van der Waals surface area (Å²) in [5.74, 6) is -2.13. The number of unbranched alkanes of at least 4 members (excludes halogenated alkanes) is 1. The molecule has 0 aromatic carbocycles. The van der Waals surface area contributed by atoms with Crippen molar-refractivity contribution in [3.63, 3.8) is 0 Å². The summed E-state index contributed by atoms with van der Waals surface area (Å²) >= 11 is 0. The number of hydrogen-bond acceptors (Lipinski definition) is 5. The molecule has 1 aromatic heterocycles. The highest BCUT2D eigenvalue weighted by atomic mass is 19.1. The molecule has 0 spiro atoms. The second-order valence-electron chi connectivity index (χ2n) is 4.56. The van der Waals surface area contributed by atoms with Gasteiger partial charge in [-0.05, 0) is 6.42 Å². The Bertz CT molecular complexity index is 637. The van der Waals surface area contributed by atoms with Crippen LogP contribution in [0.2, 0.25) is 0 Å². The van der Waals surface area contributed by atoms with Gasteiger partial charge in [-0.15, -0.1) is 0 Å².